The second-order valence-corrected chi connectivity index (χ2v) is 5.25. The number of fused-ring (bicyclic) bond motifs is 5. The molecule has 0 aromatic heterocycles. The zero-order chi connectivity index (χ0) is 8.18. The van der Waals surface area contributed by atoms with Crippen molar-refractivity contribution in [3.8, 4) is 0 Å². The summed E-state index contributed by atoms with van der Waals surface area (Å²) < 4.78 is 0. The van der Waals surface area contributed by atoms with Crippen molar-refractivity contribution in [2.75, 3.05) is 6.54 Å². The smallest absolute Gasteiger partial charge is 0.0802 e. The van der Waals surface area contributed by atoms with Gasteiger partial charge in [0.1, 0.15) is 0 Å². The summed E-state index contributed by atoms with van der Waals surface area (Å²) in [4.78, 5) is 0. The second-order valence-electron chi connectivity index (χ2n) is 5.25. The van der Waals surface area contributed by atoms with Gasteiger partial charge in [-0.15, -0.1) is 0 Å². The molecule has 0 aromatic rings. The van der Waals surface area contributed by atoms with Crippen LogP contribution in [0.1, 0.15) is 38.5 Å². The van der Waals surface area contributed by atoms with Crippen molar-refractivity contribution in [3.63, 3.8) is 0 Å². The molecule has 0 spiro atoms. The molecule has 1 nitrogen and oxygen atoms in total. The fourth-order valence-corrected chi connectivity index (χ4v) is 4.75. The molecule has 0 radical (unpaired) electrons. The van der Waals surface area contributed by atoms with E-state index in [2.05, 4.69) is 5.73 Å². The highest BCUT2D eigenvalue weighted by Gasteiger charge is 2.59. The predicted octanol–water partition coefficient (Wildman–Crippen LogP) is 1.44. The monoisotopic (exact) mass is 166 g/mol. The molecule has 3 aliphatic carbocycles. The van der Waals surface area contributed by atoms with Crippen LogP contribution in [-0.2, 0) is 0 Å². The molecule has 12 heavy (non-hydrogen) atoms. The van der Waals surface area contributed by atoms with Crippen LogP contribution in [0, 0.1) is 23.2 Å². The molecule has 3 N–H and O–H groups in total. The zero-order valence-electron chi connectivity index (χ0n) is 7.89. The van der Waals surface area contributed by atoms with Gasteiger partial charge >= 0.3 is 0 Å². The van der Waals surface area contributed by atoms with Crippen LogP contribution < -0.4 is 5.73 Å². The summed E-state index contributed by atoms with van der Waals surface area (Å²) in [5.41, 5.74) is 4.97. The summed E-state index contributed by atoms with van der Waals surface area (Å²) in [6.45, 7) is 1.23. The molecule has 2 bridgehead atoms. The lowest BCUT2D eigenvalue weighted by atomic mass is 9.68. The van der Waals surface area contributed by atoms with Crippen LogP contribution in [0.5, 0.6) is 0 Å². The average molecular weight is 166 g/mol. The molecule has 1 heteroatoms. The minimum absolute atomic E-state index is 0.753. The fourth-order valence-electron chi connectivity index (χ4n) is 4.75. The van der Waals surface area contributed by atoms with E-state index in [1.165, 1.54) is 32.2 Å². The van der Waals surface area contributed by atoms with Crippen molar-refractivity contribution in [2.45, 2.75) is 38.5 Å². The van der Waals surface area contributed by atoms with Crippen LogP contribution in [0.2, 0.25) is 0 Å². The first kappa shape index (κ1) is 7.37. The molecule has 0 aliphatic heterocycles. The molecular weight excluding hydrogens is 146 g/mol. The average Bonchev–Trinajstić information content (AvgIpc) is 2.76. The van der Waals surface area contributed by atoms with Gasteiger partial charge in [0.05, 0.1) is 6.54 Å². The van der Waals surface area contributed by atoms with E-state index >= 15 is 0 Å². The van der Waals surface area contributed by atoms with E-state index < -0.39 is 0 Å². The van der Waals surface area contributed by atoms with Crippen LogP contribution in [0.15, 0.2) is 0 Å². The highest BCUT2D eigenvalue weighted by Crippen LogP contribution is 2.65. The van der Waals surface area contributed by atoms with E-state index in [0.717, 1.165) is 23.2 Å². The topological polar surface area (TPSA) is 27.6 Å². The first-order valence-corrected chi connectivity index (χ1v) is 5.66. The van der Waals surface area contributed by atoms with Gasteiger partial charge in [0.15, 0.2) is 0 Å². The first-order valence-electron chi connectivity index (χ1n) is 5.66. The maximum absolute atomic E-state index is 4.22. The third kappa shape index (κ3) is 0.654. The minimum atomic E-state index is 0.753. The quantitative estimate of drug-likeness (QED) is 0.610. The van der Waals surface area contributed by atoms with Crippen LogP contribution in [0.3, 0.4) is 0 Å². The molecular formula is C11H20N+. The van der Waals surface area contributed by atoms with Crippen molar-refractivity contribution in [1.82, 2.24) is 0 Å². The van der Waals surface area contributed by atoms with E-state index in [1.54, 1.807) is 12.8 Å². The second kappa shape index (κ2) is 2.25. The molecule has 3 saturated carbocycles. The van der Waals surface area contributed by atoms with Crippen molar-refractivity contribution >= 4 is 0 Å². The van der Waals surface area contributed by atoms with Gasteiger partial charge in [-0.3, -0.25) is 0 Å². The Kier molecular flexibility index (Phi) is 1.39. The standard InChI is InChI=1S/C11H19N/c12-7-11-5-1-2-10(11)8-3-4-9(11)6-8/h8-10H,1-7,12H2/p+1/t8-,9-,10-,11-/m1/s1. The summed E-state index contributed by atoms with van der Waals surface area (Å²) in [5, 5.41) is 0. The summed E-state index contributed by atoms with van der Waals surface area (Å²) in [7, 11) is 0. The Morgan fingerprint density at radius 2 is 2.17 bits per heavy atom. The normalized spacial score (nSPS) is 56.2. The maximum Gasteiger partial charge on any atom is 0.0802 e. The molecule has 3 fully saturated rings. The van der Waals surface area contributed by atoms with Gasteiger partial charge in [-0.2, -0.15) is 0 Å². The third-order valence-electron chi connectivity index (χ3n) is 5.22. The molecule has 0 unspecified atom stereocenters. The zero-order valence-corrected chi connectivity index (χ0v) is 7.89. The summed E-state index contributed by atoms with van der Waals surface area (Å²) in [6.07, 6.45) is 9.22. The predicted molar refractivity (Wildman–Crippen MR) is 48.4 cm³/mol. The summed E-state index contributed by atoms with van der Waals surface area (Å²) >= 11 is 0. The highest BCUT2D eigenvalue weighted by molar-refractivity contribution is 5.08. The van der Waals surface area contributed by atoms with Crippen molar-refractivity contribution in [1.29, 1.82) is 0 Å². The van der Waals surface area contributed by atoms with Gasteiger partial charge in [-0.25, -0.2) is 0 Å². The Bertz CT molecular complexity index is 201. The number of hydrogen-bond donors (Lipinski definition) is 1. The Morgan fingerprint density at radius 3 is 2.92 bits per heavy atom. The van der Waals surface area contributed by atoms with Gasteiger partial charge in [0.25, 0.3) is 0 Å². The Morgan fingerprint density at radius 1 is 1.25 bits per heavy atom. The first-order chi connectivity index (χ1) is 5.87. The molecule has 4 atom stereocenters. The lowest BCUT2D eigenvalue weighted by molar-refractivity contribution is -0.399. The summed E-state index contributed by atoms with van der Waals surface area (Å²) in [6, 6.07) is 0. The van der Waals surface area contributed by atoms with E-state index in [4.69, 9.17) is 0 Å². The van der Waals surface area contributed by atoms with Gasteiger partial charge in [0, 0.05) is 5.41 Å². The molecule has 0 heterocycles. The van der Waals surface area contributed by atoms with Crippen molar-refractivity contribution in [2.24, 2.45) is 23.2 Å². The highest BCUT2D eigenvalue weighted by atomic mass is 14.7. The number of rotatable bonds is 1. The van der Waals surface area contributed by atoms with Crippen molar-refractivity contribution in [3.05, 3.63) is 0 Å². The van der Waals surface area contributed by atoms with E-state index in [-0.39, 0.29) is 0 Å². The molecule has 3 aliphatic rings. The maximum atomic E-state index is 4.22. The SMILES string of the molecule is [NH3+]C[C@@]12CCC[C@@H]1[C@@H]1CC[C@@H]2C1. The molecule has 68 valence electrons. The number of quaternary nitrogens is 1. The van der Waals surface area contributed by atoms with Gasteiger partial charge in [-0.05, 0) is 49.9 Å². The van der Waals surface area contributed by atoms with Gasteiger partial charge in [0.2, 0.25) is 0 Å². The molecule has 0 saturated heterocycles. The van der Waals surface area contributed by atoms with Crippen LogP contribution >= 0.6 is 0 Å². The molecule has 0 aromatic carbocycles. The Labute approximate surface area is 74.7 Å². The van der Waals surface area contributed by atoms with Gasteiger partial charge < -0.3 is 5.73 Å². The van der Waals surface area contributed by atoms with Crippen LogP contribution in [0.25, 0.3) is 0 Å². The minimum Gasteiger partial charge on any atom is -0.357 e. The molecule has 3 rings (SSSR count). The lowest BCUT2D eigenvalue weighted by Crippen LogP contribution is -2.60. The fraction of sp³-hybridized carbons (Fsp3) is 1.00. The largest absolute Gasteiger partial charge is 0.357 e. The Balaban J connectivity index is 1.98. The molecule has 0 amide bonds. The van der Waals surface area contributed by atoms with E-state index in [0.29, 0.717) is 0 Å². The third-order valence-corrected chi connectivity index (χ3v) is 5.22. The van der Waals surface area contributed by atoms with E-state index in [1.807, 2.05) is 0 Å². The van der Waals surface area contributed by atoms with Crippen LogP contribution in [0.4, 0.5) is 0 Å². The van der Waals surface area contributed by atoms with Crippen molar-refractivity contribution < 1.29 is 5.73 Å². The van der Waals surface area contributed by atoms with E-state index in [9.17, 15) is 0 Å². The van der Waals surface area contributed by atoms with Gasteiger partial charge in [-0.1, -0.05) is 6.42 Å². The summed E-state index contributed by atoms with van der Waals surface area (Å²) in [5.74, 6) is 3.32. The lowest BCUT2D eigenvalue weighted by Gasteiger charge is -2.36. The number of hydrogen-bond acceptors (Lipinski definition) is 0. The Hall–Kier alpha value is -0.0400. The van der Waals surface area contributed by atoms with Crippen LogP contribution in [-0.4, -0.2) is 6.54 Å².